The summed E-state index contributed by atoms with van der Waals surface area (Å²) in [6.45, 7) is 1.56. The van der Waals surface area contributed by atoms with Crippen molar-refractivity contribution in [2.45, 2.75) is 18.8 Å². The molecule has 1 aromatic heterocycles. The molecule has 1 aliphatic heterocycles. The van der Waals surface area contributed by atoms with E-state index in [0.717, 1.165) is 31.7 Å². The molecule has 0 atom stereocenters. The Bertz CT molecular complexity index is 290. The molecule has 0 unspecified atom stereocenters. The van der Waals surface area contributed by atoms with Crippen molar-refractivity contribution >= 4 is 0 Å². The fourth-order valence-corrected chi connectivity index (χ4v) is 1.75. The summed E-state index contributed by atoms with van der Waals surface area (Å²) < 4.78 is 6.90. The summed E-state index contributed by atoms with van der Waals surface area (Å²) in [7, 11) is 1.82. The zero-order valence-corrected chi connectivity index (χ0v) is 7.73. The lowest BCUT2D eigenvalue weighted by atomic mass is 9.96. The van der Waals surface area contributed by atoms with Crippen molar-refractivity contribution in [3.63, 3.8) is 0 Å². The number of aryl methyl sites for hydroxylation is 1. The highest BCUT2D eigenvalue weighted by Crippen LogP contribution is 2.31. The zero-order valence-electron chi connectivity index (χ0n) is 7.73. The fourth-order valence-electron chi connectivity index (χ4n) is 1.75. The SMILES string of the molecule is Cn1cc(O)c(C2CCOCC2)n1. The fraction of sp³-hybridized carbons (Fsp3) is 0.667. The van der Waals surface area contributed by atoms with Crippen LogP contribution < -0.4 is 0 Å². The highest BCUT2D eigenvalue weighted by molar-refractivity contribution is 5.26. The molecule has 0 bridgehead atoms. The average Bonchev–Trinajstić information content (AvgIpc) is 2.47. The molecule has 0 spiro atoms. The van der Waals surface area contributed by atoms with Crippen LogP contribution in [0.5, 0.6) is 5.75 Å². The van der Waals surface area contributed by atoms with Crippen molar-refractivity contribution in [3.05, 3.63) is 11.9 Å². The zero-order chi connectivity index (χ0) is 9.26. The van der Waals surface area contributed by atoms with E-state index in [1.54, 1.807) is 10.9 Å². The van der Waals surface area contributed by atoms with Crippen LogP contribution in [-0.4, -0.2) is 28.1 Å². The van der Waals surface area contributed by atoms with Crippen LogP contribution in [0.25, 0.3) is 0 Å². The molecular weight excluding hydrogens is 168 g/mol. The Morgan fingerprint density at radius 2 is 2.23 bits per heavy atom. The van der Waals surface area contributed by atoms with Crippen LogP contribution >= 0.6 is 0 Å². The minimum Gasteiger partial charge on any atom is -0.504 e. The van der Waals surface area contributed by atoms with E-state index in [9.17, 15) is 5.11 Å². The maximum absolute atomic E-state index is 9.56. The van der Waals surface area contributed by atoms with Gasteiger partial charge in [-0.15, -0.1) is 0 Å². The molecule has 0 aromatic carbocycles. The number of rotatable bonds is 1. The molecule has 1 aliphatic rings. The maximum atomic E-state index is 9.56. The first-order valence-corrected chi connectivity index (χ1v) is 4.57. The average molecular weight is 182 g/mol. The van der Waals surface area contributed by atoms with E-state index in [2.05, 4.69) is 5.10 Å². The van der Waals surface area contributed by atoms with Crippen molar-refractivity contribution in [3.8, 4) is 5.75 Å². The van der Waals surface area contributed by atoms with Gasteiger partial charge in [0.25, 0.3) is 0 Å². The van der Waals surface area contributed by atoms with Crippen molar-refractivity contribution in [1.29, 1.82) is 0 Å². The van der Waals surface area contributed by atoms with Gasteiger partial charge in [0.2, 0.25) is 0 Å². The monoisotopic (exact) mass is 182 g/mol. The quantitative estimate of drug-likeness (QED) is 0.705. The smallest absolute Gasteiger partial charge is 0.157 e. The van der Waals surface area contributed by atoms with E-state index >= 15 is 0 Å². The minimum atomic E-state index is 0.314. The van der Waals surface area contributed by atoms with E-state index in [1.165, 1.54) is 0 Å². The largest absolute Gasteiger partial charge is 0.504 e. The Labute approximate surface area is 77.1 Å². The number of nitrogens with zero attached hydrogens (tertiary/aromatic N) is 2. The minimum absolute atomic E-state index is 0.314. The molecule has 1 fully saturated rings. The molecule has 1 aromatic rings. The highest BCUT2D eigenvalue weighted by atomic mass is 16.5. The molecule has 4 nitrogen and oxygen atoms in total. The highest BCUT2D eigenvalue weighted by Gasteiger charge is 2.21. The molecule has 0 amide bonds. The van der Waals surface area contributed by atoms with Crippen LogP contribution in [0.4, 0.5) is 0 Å². The normalized spacial score (nSPS) is 19.2. The molecule has 13 heavy (non-hydrogen) atoms. The number of hydrogen-bond acceptors (Lipinski definition) is 3. The summed E-state index contributed by atoms with van der Waals surface area (Å²) in [5.74, 6) is 0.685. The van der Waals surface area contributed by atoms with Gasteiger partial charge in [-0.1, -0.05) is 0 Å². The molecule has 1 N–H and O–H groups in total. The lowest BCUT2D eigenvalue weighted by molar-refractivity contribution is 0.0839. The van der Waals surface area contributed by atoms with Crippen LogP contribution in [0.3, 0.4) is 0 Å². The first kappa shape index (κ1) is 8.56. The first-order chi connectivity index (χ1) is 6.27. The van der Waals surface area contributed by atoms with Gasteiger partial charge in [0.1, 0.15) is 5.69 Å². The van der Waals surface area contributed by atoms with Gasteiger partial charge in [0.15, 0.2) is 5.75 Å². The predicted molar refractivity (Wildman–Crippen MR) is 47.7 cm³/mol. The topological polar surface area (TPSA) is 47.3 Å². The molecule has 72 valence electrons. The van der Waals surface area contributed by atoms with Crippen molar-refractivity contribution in [1.82, 2.24) is 9.78 Å². The Morgan fingerprint density at radius 3 is 2.77 bits per heavy atom. The van der Waals surface area contributed by atoms with Gasteiger partial charge in [-0.05, 0) is 12.8 Å². The lowest BCUT2D eigenvalue weighted by Gasteiger charge is -2.20. The second kappa shape index (κ2) is 3.38. The molecule has 4 heteroatoms. The Morgan fingerprint density at radius 1 is 1.54 bits per heavy atom. The van der Waals surface area contributed by atoms with Crippen LogP contribution in [0.15, 0.2) is 6.20 Å². The van der Waals surface area contributed by atoms with E-state index in [-0.39, 0.29) is 0 Å². The first-order valence-electron chi connectivity index (χ1n) is 4.57. The van der Waals surface area contributed by atoms with Crippen LogP contribution in [0, 0.1) is 0 Å². The van der Waals surface area contributed by atoms with Gasteiger partial charge >= 0.3 is 0 Å². The summed E-state index contributed by atoms with van der Waals surface area (Å²) in [6.07, 6.45) is 3.57. The molecule has 0 radical (unpaired) electrons. The standard InChI is InChI=1S/C9H14N2O2/c1-11-6-8(12)9(10-11)7-2-4-13-5-3-7/h6-7,12H,2-5H2,1H3. The van der Waals surface area contributed by atoms with Crippen LogP contribution in [0.1, 0.15) is 24.5 Å². The summed E-state index contributed by atoms with van der Waals surface area (Å²) in [4.78, 5) is 0. The third-order valence-electron chi connectivity index (χ3n) is 2.45. The van der Waals surface area contributed by atoms with E-state index in [0.29, 0.717) is 11.7 Å². The number of hydrogen-bond donors (Lipinski definition) is 1. The Hall–Kier alpha value is -1.03. The van der Waals surface area contributed by atoms with Gasteiger partial charge in [-0.3, -0.25) is 4.68 Å². The maximum Gasteiger partial charge on any atom is 0.157 e. The summed E-state index contributed by atoms with van der Waals surface area (Å²) in [6, 6.07) is 0. The van der Waals surface area contributed by atoms with Gasteiger partial charge in [0.05, 0.1) is 6.20 Å². The summed E-state index contributed by atoms with van der Waals surface area (Å²) >= 11 is 0. The third kappa shape index (κ3) is 1.67. The molecule has 2 heterocycles. The van der Waals surface area contributed by atoms with Gasteiger partial charge in [-0.25, -0.2) is 0 Å². The van der Waals surface area contributed by atoms with E-state index in [1.807, 2.05) is 7.05 Å². The van der Waals surface area contributed by atoms with Gasteiger partial charge < -0.3 is 9.84 Å². The summed E-state index contributed by atoms with van der Waals surface area (Å²) in [5.41, 5.74) is 0.825. The predicted octanol–water partition coefficient (Wildman–Crippen LogP) is 1.02. The third-order valence-corrected chi connectivity index (χ3v) is 2.45. The van der Waals surface area contributed by atoms with Crippen LogP contribution in [0.2, 0.25) is 0 Å². The van der Waals surface area contributed by atoms with Crippen LogP contribution in [-0.2, 0) is 11.8 Å². The molecule has 0 saturated carbocycles. The lowest BCUT2D eigenvalue weighted by Crippen LogP contribution is -2.14. The van der Waals surface area contributed by atoms with Gasteiger partial charge in [-0.2, -0.15) is 5.10 Å². The summed E-state index contributed by atoms with van der Waals surface area (Å²) in [5, 5.41) is 13.8. The number of aromatic hydroxyl groups is 1. The van der Waals surface area contributed by atoms with Crippen molar-refractivity contribution < 1.29 is 9.84 Å². The molecule has 2 rings (SSSR count). The Kier molecular flexibility index (Phi) is 2.22. The molecule has 1 saturated heterocycles. The van der Waals surface area contributed by atoms with Crippen molar-refractivity contribution in [2.24, 2.45) is 7.05 Å². The van der Waals surface area contributed by atoms with Gasteiger partial charge in [0, 0.05) is 26.2 Å². The van der Waals surface area contributed by atoms with E-state index in [4.69, 9.17) is 4.74 Å². The van der Waals surface area contributed by atoms with E-state index < -0.39 is 0 Å². The number of ether oxygens (including phenoxy) is 1. The Balaban J connectivity index is 2.18. The molecular formula is C9H14N2O2. The second-order valence-corrected chi connectivity index (χ2v) is 3.46. The van der Waals surface area contributed by atoms with Crippen molar-refractivity contribution in [2.75, 3.05) is 13.2 Å². The molecule has 0 aliphatic carbocycles. The number of aromatic nitrogens is 2. The second-order valence-electron chi connectivity index (χ2n) is 3.46.